The van der Waals surface area contributed by atoms with Gasteiger partial charge in [-0.15, -0.1) is 0 Å². The largest absolute Gasteiger partial charge is 0.497 e. The van der Waals surface area contributed by atoms with Crippen molar-refractivity contribution in [3.63, 3.8) is 0 Å². The first-order chi connectivity index (χ1) is 16.0. The zero-order chi connectivity index (χ0) is 23.2. The molecule has 0 saturated carbocycles. The van der Waals surface area contributed by atoms with Crippen molar-refractivity contribution in [2.24, 2.45) is 0 Å². The minimum atomic E-state index is -0.306. The standard InChI is InChI=1S/C25H23N3O5/c1-3-24-28-21-14-18(9-12-22(21)33-24)27-25(30)16-7-10-19(11-8-16)32-15-23(29)26-17-5-4-6-20(13-17)31-2/h4-14H,3,15H2,1-2H3,(H,26,29)(H,27,30). The maximum atomic E-state index is 12.6. The smallest absolute Gasteiger partial charge is 0.262 e. The van der Waals surface area contributed by atoms with Gasteiger partial charge in [-0.3, -0.25) is 9.59 Å². The minimum Gasteiger partial charge on any atom is -0.497 e. The van der Waals surface area contributed by atoms with E-state index in [2.05, 4.69) is 15.6 Å². The molecule has 0 saturated heterocycles. The van der Waals surface area contributed by atoms with Crippen LogP contribution in [0.4, 0.5) is 11.4 Å². The Morgan fingerprint density at radius 2 is 1.73 bits per heavy atom. The molecular weight excluding hydrogens is 422 g/mol. The second-order valence-electron chi connectivity index (χ2n) is 7.19. The van der Waals surface area contributed by atoms with E-state index in [1.807, 2.05) is 6.92 Å². The van der Waals surface area contributed by atoms with Gasteiger partial charge in [0.1, 0.15) is 17.0 Å². The molecule has 1 aromatic heterocycles. The molecule has 0 radical (unpaired) electrons. The second-order valence-corrected chi connectivity index (χ2v) is 7.19. The lowest BCUT2D eigenvalue weighted by Crippen LogP contribution is -2.20. The Balaban J connectivity index is 1.31. The molecule has 0 unspecified atom stereocenters. The number of nitrogens with zero attached hydrogens (tertiary/aromatic N) is 1. The molecule has 33 heavy (non-hydrogen) atoms. The number of benzene rings is 3. The third-order valence-corrected chi connectivity index (χ3v) is 4.83. The highest BCUT2D eigenvalue weighted by atomic mass is 16.5. The summed E-state index contributed by atoms with van der Waals surface area (Å²) < 4.78 is 16.2. The number of anilines is 2. The predicted octanol–water partition coefficient (Wildman–Crippen LogP) is 4.67. The molecule has 3 aromatic carbocycles. The van der Waals surface area contributed by atoms with E-state index in [1.165, 1.54) is 0 Å². The number of amides is 2. The van der Waals surface area contributed by atoms with Crippen molar-refractivity contribution in [1.82, 2.24) is 4.98 Å². The van der Waals surface area contributed by atoms with Crippen molar-refractivity contribution in [3.05, 3.63) is 78.2 Å². The van der Waals surface area contributed by atoms with Crippen LogP contribution in [-0.2, 0) is 11.2 Å². The predicted molar refractivity (Wildman–Crippen MR) is 125 cm³/mol. The molecule has 4 aromatic rings. The first-order valence-electron chi connectivity index (χ1n) is 10.4. The van der Waals surface area contributed by atoms with Crippen LogP contribution in [0.15, 0.2) is 71.1 Å². The lowest BCUT2D eigenvalue weighted by molar-refractivity contribution is -0.118. The third-order valence-electron chi connectivity index (χ3n) is 4.83. The summed E-state index contributed by atoms with van der Waals surface area (Å²) in [6.45, 7) is 1.80. The number of hydrogen-bond donors (Lipinski definition) is 2. The summed E-state index contributed by atoms with van der Waals surface area (Å²) in [4.78, 5) is 29.1. The molecule has 0 aliphatic carbocycles. The van der Waals surface area contributed by atoms with Crippen LogP contribution >= 0.6 is 0 Å². The van der Waals surface area contributed by atoms with Crippen LogP contribution in [-0.4, -0.2) is 30.5 Å². The molecule has 0 atom stereocenters. The summed E-state index contributed by atoms with van der Waals surface area (Å²) in [6, 6.07) is 18.9. The minimum absolute atomic E-state index is 0.166. The van der Waals surface area contributed by atoms with Gasteiger partial charge < -0.3 is 24.5 Å². The van der Waals surface area contributed by atoms with Crippen LogP contribution in [0.3, 0.4) is 0 Å². The number of ether oxygens (including phenoxy) is 2. The van der Waals surface area contributed by atoms with Crippen molar-refractivity contribution in [1.29, 1.82) is 0 Å². The molecule has 8 heteroatoms. The highest BCUT2D eigenvalue weighted by Gasteiger charge is 2.10. The molecule has 4 rings (SSSR count). The number of methoxy groups -OCH3 is 1. The average molecular weight is 445 g/mol. The zero-order valence-corrected chi connectivity index (χ0v) is 18.3. The van der Waals surface area contributed by atoms with Gasteiger partial charge in [0.2, 0.25) is 0 Å². The van der Waals surface area contributed by atoms with Crippen molar-refractivity contribution < 1.29 is 23.5 Å². The van der Waals surface area contributed by atoms with Gasteiger partial charge in [0, 0.05) is 29.4 Å². The van der Waals surface area contributed by atoms with E-state index < -0.39 is 0 Å². The van der Waals surface area contributed by atoms with Crippen LogP contribution in [0, 0.1) is 0 Å². The lowest BCUT2D eigenvalue weighted by atomic mass is 10.2. The molecular formula is C25H23N3O5. The van der Waals surface area contributed by atoms with Gasteiger partial charge in [-0.1, -0.05) is 13.0 Å². The van der Waals surface area contributed by atoms with Gasteiger partial charge in [-0.05, 0) is 54.6 Å². The number of fused-ring (bicyclic) bond motifs is 1. The quantitative estimate of drug-likeness (QED) is 0.409. The van der Waals surface area contributed by atoms with Gasteiger partial charge in [-0.2, -0.15) is 0 Å². The monoisotopic (exact) mass is 445 g/mol. The van der Waals surface area contributed by atoms with Crippen LogP contribution < -0.4 is 20.1 Å². The van der Waals surface area contributed by atoms with Crippen molar-refractivity contribution in [3.8, 4) is 11.5 Å². The molecule has 0 aliphatic rings. The number of carbonyl (C=O) groups excluding carboxylic acids is 2. The molecule has 0 fully saturated rings. The number of aryl methyl sites for hydroxylation is 1. The summed E-state index contributed by atoms with van der Waals surface area (Å²) in [7, 11) is 1.56. The summed E-state index contributed by atoms with van der Waals surface area (Å²) >= 11 is 0. The van der Waals surface area contributed by atoms with Crippen LogP contribution in [0.5, 0.6) is 11.5 Å². The molecule has 1 heterocycles. The highest BCUT2D eigenvalue weighted by Crippen LogP contribution is 2.21. The van der Waals surface area contributed by atoms with Gasteiger partial charge in [-0.25, -0.2) is 4.98 Å². The number of carbonyl (C=O) groups is 2. The summed E-state index contributed by atoms with van der Waals surface area (Å²) in [5.74, 6) is 1.20. The Kier molecular flexibility index (Phi) is 6.54. The number of hydrogen-bond acceptors (Lipinski definition) is 6. The van der Waals surface area contributed by atoms with E-state index in [1.54, 1.807) is 73.8 Å². The van der Waals surface area contributed by atoms with Gasteiger partial charge in [0.05, 0.1) is 7.11 Å². The van der Waals surface area contributed by atoms with Crippen LogP contribution in [0.2, 0.25) is 0 Å². The number of nitrogens with one attached hydrogen (secondary N) is 2. The third kappa shape index (κ3) is 5.48. The molecule has 2 N–H and O–H groups in total. The maximum absolute atomic E-state index is 12.6. The van der Waals surface area contributed by atoms with Crippen molar-refractivity contribution in [2.45, 2.75) is 13.3 Å². The molecule has 2 amide bonds. The topological polar surface area (TPSA) is 103 Å². The summed E-state index contributed by atoms with van der Waals surface area (Å²) in [6.07, 6.45) is 0.702. The number of aromatic nitrogens is 1. The fourth-order valence-electron chi connectivity index (χ4n) is 3.16. The summed E-state index contributed by atoms with van der Waals surface area (Å²) in [5, 5.41) is 5.59. The fourth-order valence-corrected chi connectivity index (χ4v) is 3.16. The SMILES string of the molecule is CCc1nc2cc(NC(=O)c3ccc(OCC(=O)Nc4cccc(OC)c4)cc3)ccc2o1. The Bertz CT molecular complexity index is 1280. The zero-order valence-electron chi connectivity index (χ0n) is 18.3. The molecule has 0 aliphatic heterocycles. The Morgan fingerprint density at radius 1 is 0.939 bits per heavy atom. The molecule has 0 bridgehead atoms. The van der Waals surface area contributed by atoms with E-state index in [4.69, 9.17) is 13.9 Å². The van der Waals surface area contributed by atoms with E-state index in [9.17, 15) is 9.59 Å². The number of rotatable bonds is 8. The molecule has 168 valence electrons. The van der Waals surface area contributed by atoms with E-state index in [-0.39, 0.29) is 18.4 Å². The Hall–Kier alpha value is -4.33. The highest BCUT2D eigenvalue weighted by molar-refractivity contribution is 6.05. The van der Waals surface area contributed by atoms with Gasteiger partial charge in [0.25, 0.3) is 11.8 Å². The summed E-state index contributed by atoms with van der Waals surface area (Å²) in [5.41, 5.74) is 3.07. The Labute approximate surface area is 190 Å². The van der Waals surface area contributed by atoms with E-state index >= 15 is 0 Å². The molecule has 8 nitrogen and oxygen atoms in total. The fraction of sp³-hybridized carbons (Fsp3) is 0.160. The Morgan fingerprint density at radius 3 is 2.48 bits per heavy atom. The maximum Gasteiger partial charge on any atom is 0.262 e. The van der Waals surface area contributed by atoms with Gasteiger partial charge in [0.15, 0.2) is 18.1 Å². The average Bonchev–Trinajstić information content (AvgIpc) is 3.26. The first kappa shape index (κ1) is 21.9. The van der Waals surface area contributed by atoms with E-state index in [0.29, 0.717) is 51.8 Å². The van der Waals surface area contributed by atoms with Crippen molar-refractivity contribution in [2.75, 3.05) is 24.4 Å². The van der Waals surface area contributed by atoms with Crippen molar-refractivity contribution >= 4 is 34.3 Å². The van der Waals surface area contributed by atoms with Gasteiger partial charge >= 0.3 is 0 Å². The number of oxazole rings is 1. The van der Waals surface area contributed by atoms with E-state index in [0.717, 1.165) is 0 Å². The second kappa shape index (κ2) is 9.86. The molecule has 0 spiro atoms. The normalized spacial score (nSPS) is 10.6. The van der Waals surface area contributed by atoms with Crippen LogP contribution in [0.25, 0.3) is 11.1 Å². The van der Waals surface area contributed by atoms with Crippen LogP contribution in [0.1, 0.15) is 23.2 Å². The lowest BCUT2D eigenvalue weighted by Gasteiger charge is -2.09. The first-order valence-corrected chi connectivity index (χ1v) is 10.4.